The third-order valence-corrected chi connectivity index (χ3v) is 6.01. The van der Waals surface area contributed by atoms with Crippen LogP contribution in [0.4, 0.5) is 5.69 Å². The number of rotatable bonds is 3. The first-order valence-corrected chi connectivity index (χ1v) is 9.11. The van der Waals surface area contributed by atoms with Crippen LogP contribution < -0.4 is 4.90 Å². The second-order valence-corrected chi connectivity index (χ2v) is 7.57. The van der Waals surface area contributed by atoms with Gasteiger partial charge in [0.05, 0.1) is 9.75 Å². The Kier molecular flexibility index (Phi) is 5.04. The number of carbonyl (C=O) groups is 2. The summed E-state index contributed by atoms with van der Waals surface area (Å²) in [5, 5.41) is 0.719. The highest BCUT2D eigenvalue weighted by molar-refractivity contribution is 9.10. The van der Waals surface area contributed by atoms with Gasteiger partial charge in [-0.1, -0.05) is 11.6 Å². The zero-order valence-corrected chi connectivity index (χ0v) is 15.3. The molecule has 0 radical (unpaired) electrons. The SMILES string of the molecule is O=Cc1sc(C(=O)N2CCN(c3ccc(Cl)cc3)CC2)cc1Br. The molecule has 1 saturated heterocycles. The Morgan fingerprint density at radius 2 is 1.83 bits per heavy atom. The van der Waals surface area contributed by atoms with Gasteiger partial charge in [-0.25, -0.2) is 0 Å². The Bertz CT molecular complexity index is 724. The molecule has 1 aliphatic rings. The van der Waals surface area contributed by atoms with Crippen molar-refractivity contribution in [1.82, 2.24) is 4.90 Å². The average Bonchev–Trinajstić information content (AvgIpc) is 2.96. The highest BCUT2D eigenvalue weighted by atomic mass is 79.9. The number of benzene rings is 1. The first-order chi connectivity index (χ1) is 11.1. The van der Waals surface area contributed by atoms with Gasteiger partial charge in [-0.3, -0.25) is 9.59 Å². The molecule has 1 amide bonds. The fraction of sp³-hybridized carbons (Fsp3) is 0.250. The maximum absolute atomic E-state index is 12.5. The van der Waals surface area contributed by atoms with Gasteiger partial charge in [0.1, 0.15) is 0 Å². The minimum Gasteiger partial charge on any atom is -0.368 e. The van der Waals surface area contributed by atoms with E-state index in [1.807, 2.05) is 29.2 Å². The minimum atomic E-state index is -0.0143. The summed E-state index contributed by atoms with van der Waals surface area (Å²) in [6.45, 7) is 2.88. The smallest absolute Gasteiger partial charge is 0.264 e. The normalized spacial score (nSPS) is 14.9. The zero-order valence-electron chi connectivity index (χ0n) is 12.2. The predicted molar refractivity (Wildman–Crippen MR) is 97.0 cm³/mol. The van der Waals surface area contributed by atoms with Crippen molar-refractivity contribution >= 4 is 56.7 Å². The maximum Gasteiger partial charge on any atom is 0.264 e. The van der Waals surface area contributed by atoms with Gasteiger partial charge >= 0.3 is 0 Å². The lowest BCUT2D eigenvalue weighted by atomic mass is 10.2. The highest BCUT2D eigenvalue weighted by Gasteiger charge is 2.24. The predicted octanol–water partition coefficient (Wildman–Crippen LogP) is 3.94. The first-order valence-electron chi connectivity index (χ1n) is 7.13. The minimum absolute atomic E-state index is 0.0143. The number of nitrogens with zero attached hydrogens (tertiary/aromatic N) is 2. The summed E-state index contributed by atoms with van der Waals surface area (Å²) in [5.41, 5.74) is 1.11. The van der Waals surface area contributed by atoms with E-state index in [-0.39, 0.29) is 5.91 Å². The van der Waals surface area contributed by atoms with Gasteiger partial charge in [-0.05, 0) is 46.3 Å². The molecule has 0 unspecified atom stereocenters. The number of thiophene rings is 1. The Morgan fingerprint density at radius 1 is 1.17 bits per heavy atom. The molecule has 2 heterocycles. The summed E-state index contributed by atoms with van der Waals surface area (Å²) in [5.74, 6) is -0.0143. The highest BCUT2D eigenvalue weighted by Crippen LogP contribution is 2.27. The molecule has 4 nitrogen and oxygen atoms in total. The van der Waals surface area contributed by atoms with Crippen molar-refractivity contribution in [3.8, 4) is 0 Å². The molecule has 1 aliphatic heterocycles. The molecule has 7 heteroatoms. The fourth-order valence-corrected chi connectivity index (χ4v) is 4.22. The Balaban J connectivity index is 1.65. The van der Waals surface area contributed by atoms with Gasteiger partial charge < -0.3 is 9.80 Å². The molecule has 1 aromatic carbocycles. The zero-order chi connectivity index (χ0) is 16.4. The van der Waals surface area contributed by atoms with Crippen LogP contribution in [-0.2, 0) is 0 Å². The van der Waals surface area contributed by atoms with Crippen LogP contribution >= 0.6 is 38.9 Å². The number of halogens is 2. The Labute approximate surface area is 151 Å². The molecule has 1 aromatic heterocycles. The number of hydrogen-bond donors (Lipinski definition) is 0. The monoisotopic (exact) mass is 412 g/mol. The molecule has 23 heavy (non-hydrogen) atoms. The summed E-state index contributed by atoms with van der Waals surface area (Å²) in [6.07, 6.45) is 0.768. The second kappa shape index (κ2) is 7.03. The van der Waals surface area contributed by atoms with E-state index in [0.717, 1.165) is 30.1 Å². The average molecular weight is 414 g/mol. The topological polar surface area (TPSA) is 40.6 Å². The van der Waals surface area contributed by atoms with Crippen LogP contribution in [0.25, 0.3) is 0 Å². The molecule has 1 fully saturated rings. The van der Waals surface area contributed by atoms with Crippen molar-refractivity contribution in [1.29, 1.82) is 0 Å². The van der Waals surface area contributed by atoms with Crippen LogP contribution in [-0.4, -0.2) is 43.3 Å². The standard InChI is InChI=1S/C16H14BrClN2O2S/c17-13-9-14(23-15(13)10-21)16(22)20-7-5-19(6-8-20)12-3-1-11(18)2-4-12/h1-4,9-10H,5-8H2. The molecule has 3 rings (SSSR count). The Morgan fingerprint density at radius 3 is 2.39 bits per heavy atom. The van der Waals surface area contributed by atoms with E-state index in [1.54, 1.807) is 6.07 Å². The fourth-order valence-electron chi connectivity index (χ4n) is 2.54. The van der Waals surface area contributed by atoms with Crippen molar-refractivity contribution in [3.63, 3.8) is 0 Å². The van der Waals surface area contributed by atoms with Crippen LogP contribution in [0.15, 0.2) is 34.8 Å². The molecular formula is C16H14BrClN2O2S. The molecule has 120 valence electrons. The molecule has 2 aromatic rings. The van der Waals surface area contributed by atoms with Gasteiger partial charge in [0.25, 0.3) is 5.91 Å². The van der Waals surface area contributed by atoms with E-state index < -0.39 is 0 Å². The lowest BCUT2D eigenvalue weighted by molar-refractivity contribution is 0.0751. The third-order valence-electron chi connectivity index (χ3n) is 3.79. The lowest BCUT2D eigenvalue weighted by Gasteiger charge is -2.36. The van der Waals surface area contributed by atoms with Crippen LogP contribution in [0.1, 0.15) is 19.3 Å². The van der Waals surface area contributed by atoms with Gasteiger partial charge in [0.15, 0.2) is 6.29 Å². The molecule has 0 saturated carbocycles. The second-order valence-electron chi connectivity index (χ2n) is 5.20. The molecular weight excluding hydrogens is 400 g/mol. The van der Waals surface area contributed by atoms with Crippen molar-refractivity contribution in [2.75, 3.05) is 31.1 Å². The van der Waals surface area contributed by atoms with Gasteiger partial charge in [-0.2, -0.15) is 0 Å². The summed E-state index contributed by atoms with van der Waals surface area (Å²) >= 11 is 10.4. The number of hydrogen-bond acceptors (Lipinski definition) is 4. The van der Waals surface area contributed by atoms with Crippen LogP contribution in [0.5, 0.6) is 0 Å². The van der Waals surface area contributed by atoms with Crippen LogP contribution in [0, 0.1) is 0 Å². The maximum atomic E-state index is 12.5. The van der Waals surface area contributed by atoms with E-state index in [2.05, 4.69) is 20.8 Å². The summed E-state index contributed by atoms with van der Waals surface area (Å²) in [7, 11) is 0. The van der Waals surface area contributed by atoms with Crippen molar-refractivity contribution in [2.24, 2.45) is 0 Å². The van der Waals surface area contributed by atoms with Crippen molar-refractivity contribution < 1.29 is 9.59 Å². The quantitative estimate of drug-likeness (QED) is 0.716. The number of piperazine rings is 1. The van der Waals surface area contributed by atoms with Gasteiger partial charge in [-0.15, -0.1) is 11.3 Å². The number of anilines is 1. The number of amides is 1. The third kappa shape index (κ3) is 3.59. The lowest BCUT2D eigenvalue weighted by Crippen LogP contribution is -2.48. The molecule has 0 N–H and O–H groups in total. The van der Waals surface area contributed by atoms with Crippen molar-refractivity contribution in [2.45, 2.75) is 0 Å². The van der Waals surface area contributed by atoms with E-state index >= 15 is 0 Å². The van der Waals surface area contributed by atoms with Crippen molar-refractivity contribution in [3.05, 3.63) is 49.6 Å². The van der Waals surface area contributed by atoms with E-state index in [1.165, 1.54) is 11.3 Å². The number of aldehydes is 1. The van der Waals surface area contributed by atoms with Gasteiger partial charge in [0, 0.05) is 41.4 Å². The van der Waals surface area contributed by atoms with Crippen LogP contribution in [0.3, 0.4) is 0 Å². The van der Waals surface area contributed by atoms with E-state index in [0.29, 0.717) is 27.3 Å². The summed E-state index contributed by atoms with van der Waals surface area (Å²) < 4.78 is 0.681. The molecule has 0 atom stereocenters. The largest absolute Gasteiger partial charge is 0.368 e. The van der Waals surface area contributed by atoms with Crippen LogP contribution in [0.2, 0.25) is 5.02 Å². The number of carbonyl (C=O) groups excluding carboxylic acids is 2. The first kappa shape index (κ1) is 16.5. The van der Waals surface area contributed by atoms with E-state index in [9.17, 15) is 9.59 Å². The molecule has 0 spiro atoms. The molecule has 0 bridgehead atoms. The molecule has 0 aliphatic carbocycles. The summed E-state index contributed by atoms with van der Waals surface area (Å²) in [4.78, 5) is 28.7. The summed E-state index contributed by atoms with van der Waals surface area (Å²) in [6, 6.07) is 9.46. The Hall–Kier alpha value is -1.37. The van der Waals surface area contributed by atoms with Gasteiger partial charge in [0.2, 0.25) is 0 Å². The van der Waals surface area contributed by atoms with E-state index in [4.69, 9.17) is 11.6 Å².